The quantitative estimate of drug-likeness (QED) is 0.324. The van der Waals surface area contributed by atoms with Crippen molar-refractivity contribution in [2.75, 3.05) is 44.4 Å². The second-order valence-electron chi connectivity index (χ2n) is 12.2. The average Bonchev–Trinajstić information content (AvgIpc) is 3.52. The number of carbonyl (C=O) groups excluding carboxylic acids is 1. The summed E-state index contributed by atoms with van der Waals surface area (Å²) < 4.78 is 5.48. The van der Waals surface area contributed by atoms with Crippen LogP contribution in [0, 0.1) is 17.8 Å². The van der Waals surface area contributed by atoms with Crippen LogP contribution in [-0.2, 0) is 0 Å². The topological polar surface area (TPSA) is 97.4 Å². The van der Waals surface area contributed by atoms with E-state index in [2.05, 4.69) is 24.0 Å². The summed E-state index contributed by atoms with van der Waals surface area (Å²) in [6.07, 6.45) is 12.9. The molecule has 1 amide bonds. The molecule has 3 N–H and O–H groups in total. The highest BCUT2D eigenvalue weighted by Crippen LogP contribution is 2.46. The summed E-state index contributed by atoms with van der Waals surface area (Å²) in [7, 11) is 0. The summed E-state index contributed by atoms with van der Waals surface area (Å²) in [6, 6.07) is 11.8. The van der Waals surface area contributed by atoms with Crippen LogP contribution in [0.5, 0.6) is 0 Å². The third-order valence-electron chi connectivity index (χ3n) is 9.56. The molecule has 7 heteroatoms. The standard InChI is InChI=1S/C32H48N2O5/c1-26-7-9-27(10-8-26)34(30(38)29-6-5-23-39-29)28-11-19-33(20-12-28)21-17-31(13-3-2-4-14-31)15-16-32(24-36,25-37)18-22-35/h5-10,23,28,35-37H,2-4,11-22,24-25H2,1H3. The molecule has 1 aliphatic carbocycles. The van der Waals surface area contributed by atoms with Gasteiger partial charge in [0.1, 0.15) is 0 Å². The number of amides is 1. The number of hydrogen-bond acceptors (Lipinski definition) is 6. The summed E-state index contributed by atoms with van der Waals surface area (Å²) >= 11 is 0. The zero-order valence-corrected chi connectivity index (χ0v) is 23.7. The molecule has 39 heavy (non-hydrogen) atoms. The van der Waals surface area contributed by atoms with E-state index in [-0.39, 0.29) is 37.2 Å². The molecule has 2 aliphatic rings. The predicted octanol–water partition coefficient (Wildman–Crippen LogP) is 5.17. The Morgan fingerprint density at radius 3 is 2.28 bits per heavy atom. The van der Waals surface area contributed by atoms with Crippen LogP contribution in [-0.4, -0.2) is 71.6 Å². The van der Waals surface area contributed by atoms with Crippen molar-refractivity contribution >= 4 is 11.6 Å². The molecular weight excluding hydrogens is 492 g/mol. The maximum Gasteiger partial charge on any atom is 0.294 e. The van der Waals surface area contributed by atoms with Gasteiger partial charge in [-0.05, 0) is 94.5 Å². The zero-order chi connectivity index (χ0) is 27.7. The number of aryl methyl sites for hydroxylation is 1. The van der Waals surface area contributed by atoms with E-state index >= 15 is 0 Å². The van der Waals surface area contributed by atoms with Crippen molar-refractivity contribution in [3.8, 4) is 0 Å². The van der Waals surface area contributed by atoms with Gasteiger partial charge in [0.25, 0.3) is 5.91 Å². The molecule has 0 bridgehead atoms. The fourth-order valence-corrected chi connectivity index (χ4v) is 6.70. The van der Waals surface area contributed by atoms with Crippen LogP contribution < -0.4 is 4.90 Å². The van der Waals surface area contributed by atoms with Gasteiger partial charge in [-0.25, -0.2) is 0 Å². The van der Waals surface area contributed by atoms with Crippen molar-refractivity contribution < 1.29 is 24.5 Å². The second-order valence-corrected chi connectivity index (χ2v) is 12.2. The Hall–Kier alpha value is -2.19. The molecule has 7 nitrogen and oxygen atoms in total. The summed E-state index contributed by atoms with van der Waals surface area (Å²) in [5, 5.41) is 29.5. The molecule has 2 fully saturated rings. The van der Waals surface area contributed by atoms with Gasteiger partial charge in [0, 0.05) is 36.8 Å². The fourth-order valence-electron chi connectivity index (χ4n) is 6.70. The molecule has 2 aromatic rings. The lowest BCUT2D eigenvalue weighted by Gasteiger charge is -2.43. The van der Waals surface area contributed by atoms with E-state index in [1.807, 2.05) is 17.0 Å². The molecule has 1 saturated heterocycles. The van der Waals surface area contributed by atoms with Crippen LogP contribution >= 0.6 is 0 Å². The molecule has 1 aromatic carbocycles. The minimum atomic E-state index is -0.586. The Labute approximate surface area is 233 Å². The first-order valence-corrected chi connectivity index (χ1v) is 14.9. The number of piperidine rings is 1. The number of furan rings is 1. The Bertz CT molecular complexity index is 988. The first-order chi connectivity index (χ1) is 18.9. The number of anilines is 1. The number of aliphatic hydroxyl groups is 3. The van der Waals surface area contributed by atoms with Gasteiger partial charge in [-0.1, -0.05) is 37.0 Å². The Morgan fingerprint density at radius 2 is 1.69 bits per heavy atom. The van der Waals surface area contributed by atoms with Gasteiger partial charge in [0.2, 0.25) is 0 Å². The van der Waals surface area contributed by atoms with Gasteiger partial charge >= 0.3 is 0 Å². The molecule has 1 saturated carbocycles. The van der Waals surface area contributed by atoms with Crippen LogP contribution in [0.25, 0.3) is 0 Å². The average molecular weight is 541 g/mol. The van der Waals surface area contributed by atoms with Crippen molar-refractivity contribution in [2.24, 2.45) is 10.8 Å². The minimum absolute atomic E-state index is 0.00883. The van der Waals surface area contributed by atoms with Gasteiger partial charge in [0.15, 0.2) is 5.76 Å². The van der Waals surface area contributed by atoms with Crippen LogP contribution in [0.2, 0.25) is 0 Å². The summed E-state index contributed by atoms with van der Waals surface area (Å²) in [6.45, 7) is 4.83. The van der Waals surface area contributed by atoms with Gasteiger partial charge in [-0.3, -0.25) is 4.79 Å². The Morgan fingerprint density at radius 1 is 1.00 bits per heavy atom. The number of carbonyl (C=O) groups is 1. The lowest BCUT2D eigenvalue weighted by molar-refractivity contribution is 0.00629. The van der Waals surface area contributed by atoms with E-state index in [9.17, 15) is 20.1 Å². The predicted molar refractivity (Wildman–Crippen MR) is 154 cm³/mol. The van der Waals surface area contributed by atoms with Crippen molar-refractivity contribution in [1.82, 2.24) is 4.90 Å². The highest BCUT2D eigenvalue weighted by Gasteiger charge is 2.37. The highest BCUT2D eigenvalue weighted by atomic mass is 16.3. The fraction of sp³-hybridized carbons (Fsp3) is 0.656. The van der Waals surface area contributed by atoms with Crippen LogP contribution in [0.4, 0.5) is 5.69 Å². The first kappa shape index (κ1) is 29.8. The van der Waals surface area contributed by atoms with Crippen LogP contribution in [0.15, 0.2) is 47.1 Å². The smallest absolute Gasteiger partial charge is 0.294 e. The highest BCUT2D eigenvalue weighted by molar-refractivity contribution is 6.04. The SMILES string of the molecule is Cc1ccc(N(C(=O)c2ccco2)C2CCN(CCC3(CCC(CO)(CO)CCO)CCCCC3)CC2)cc1. The molecule has 0 spiro atoms. The maximum atomic E-state index is 13.5. The van der Waals surface area contributed by atoms with Crippen molar-refractivity contribution in [3.05, 3.63) is 54.0 Å². The van der Waals surface area contributed by atoms with Crippen LogP contribution in [0.3, 0.4) is 0 Å². The molecular formula is C32H48N2O5. The third-order valence-corrected chi connectivity index (χ3v) is 9.56. The van der Waals surface area contributed by atoms with Crippen LogP contribution in [0.1, 0.15) is 86.7 Å². The van der Waals surface area contributed by atoms with Gasteiger partial charge in [-0.15, -0.1) is 0 Å². The normalized spacial score (nSPS) is 18.8. The number of aliphatic hydroxyl groups excluding tert-OH is 3. The number of likely N-dealkylation sites (tertiary alicyclic amines) is 1. The molecule has 1 aliphatic heterocycles. The maximum absolute atomic E-state index is 13.5. The van der Waals surface area contributed by atoms with Crippen molar-refractivity contribution in [1.29, 1.82) is 0 Å². The third kappa shape index (κ3) is 7.51. The summed E-state index contributed by atoms with van der Waals surface area (Å²) in [5.41, 5.74) is 1.74. The molecule has 2 heterocycles. The van der Waals surface area contributed by atoms with E-state index in [0.29, 0.717) is 12.2 Å². The van der Waals surface area contributed by atoms with Gasteiger partial charge in [0.05, 0.1) is 19.5 Å². The van der Waals surface area contributed by atoms with E-state index in [4.69, 9.17) is 4.42 Å². The lowest BCUT2D eigenvalue weighted by atomic mass is 9.66. The zero-order valence-electron chi connectivity index (χ0n) is 23.7. The molecule has 0 unspecified atom stereocenters. The number of hydrogen-bond donors (Lipinski definition) is 3. The van der Waals surface area contributed by atoms with E-state index in [1.54, 1.807) is 18.4 Å². The number of rotatable bonds is 13. The van der Waals surface area contributed by atoms with Gasteiger partial charge < -0.3 is 29.5 Å². The number of nitrogens with zero attached hydrogens (tertiary/aromatic N) is 2. The first-order valence-electron chi connectivity index (χ1n) is 14.9. The molecule has 0 atom stereocenters. The molecule has 1 aromatic heterocycles. The largest absolute Gasteiger partial charge is 0.459 e. The second kappa shape index (κ2) is 13.9. The van der Waals surface area contributed by atoms with Crippen molar-refractivity contribution in [2.45, 2.75) is 83.6 Å². The molecule has 216 valence electrons. The minimum Gasteiger partial charge on any atom is -0.459 e. The lowest BCUT2D eigenvalue weighted by Crippen LogP contribution is -2.48. The summed E-state index contributed by atoms with van der Waals surface area (Å²) in [5.74, 6) is 0.294. The summed E-state index contributed by atoms with van der Waals surface area (Å²) in [4.78, 5) is 17.9. The van der Waals surface area contributed by atoms with E-state index < -0.39 is 5.41 Å². The monoisotopic (exact) mass is 540 g/mol. The number of benzene rings is 1. The van der Waals surface area contributed by atoms with Gasteiger partial charge in [-0.2, -0.15) is 0 Å². The van der Waals surface area contributed by atoms with E-state index in [0.717, 1.165) is 57.4 Å². The molecule has 0 radical (unpaired) electrons. The van der Waals surface area contributed by atoms with Crippen molar-refractivity contribution in [3.63, 3.8) is 0 Å². The van der Waals surface area contributed by atoms with E-state index in [1.165, 1.54) is 37.7 Å². The Balaban J connectivity index is 1.38. The molecule has 4 rings (SSSR count). The Kier molecular flexibility index (Phi) is 10.6.